The van der Waals surface area contributed by atoms with Crippen LogP contribution in [0.3, 0.4) is 0 Å². The molecule has 2 N–H and O–H groups in total. The Morgan fingerprint density at radius 1 is 1.06 bits per heavy atom. The van der Waals surface area contributed by atoms with Crippen molar-refractivity contribution in [1.29, 1.82) is 0 Å². The van der Waals surface area contributed by atoms with Crippen molar-refractivity contribution in [2.45, 2.75) is 57.8 Å². The lowest BCUT2D eigenvalue weighted by Crippen LogP contribution is -2.13. The average molecular weight is 471 g/mol. The van der Waals surface area contributed by atoms with Crippen molar-refractivity contribution in [3.8, 4) is 11.1 Å². The van der Waals surface area contributed by atoms with E-state index in [1.165, 1.54) is 54.5 Å². The van der Waals surface area contributed by atoms with E-state index in [-0.39, 0.29) is 0 Å². The molecule has 0 spiro atoms. The number of aromatic nitrogens is 3. The molecule has 2 aromatic heterocycles. The van der Waals surface area contributed by atoms with E-state index >= 15 is 0 Å². The topological polar surface area (TPSA) is 56.2 Å². The second kappa shape index (κ2) is 9.63. The van der Waals surface area contributed by atoms with Crippen LogP contribution in [0.5, 0.6) is 0 Å². The van der Waals surface area contributed by atoms with Gasteiger partial charge in [0.25, 0.3) is 0 Å². The van der Waals surface area contributed by atoms with Gasteiger partial charge in [0, 0.05) is 28.4 Å². The number of halogens is 1. The highest BCUT2D eigenvalue weighted by Crippen LogP contribution is 2.38. The number of hydrogen-bond acceptors (Lipinski definition) is 3. The second-order valence-electron chi connectivity index (χ2n) is 9.49. The fourth-order valence-corrected chi connectivity index (χ4v) is 5.34. The first-order chi connectivity index (χ1) is 16.5. The monoisotopic (exact) mass is 470 g/mol. The van der Waals surface area contributed by atoms with Crippen LogP contribution in [0.25, 0.3) is 22.5 Å². The van der Waals surface area contributed by atoms with Gasteiger partial charge in [-0.25, -0.2) is 9.50 Å². The van der Waals surface area contributed by atoms with E-state index in [2.05, 4.69) is 49.0 Å². The van der Waals surface area contributed by atoms with Gasteiger partial charge in [0.1, 0.15) is 0 Å². The molecule has 2 heterocycles. The van der Waals surface area contributed by atoms with Gasteiger partial charge < -0.3 is 5.73 Å². The fraction of sp³-hybridized carbons (Fsp3) is 0.310. The molecular formula is C29H31ClN4. The van der Waals surface area contributed by atoms with Gasteiger partial charge in [0.05, 0.1) is 17.5 Å². The summed E-state index contributed by atoms with van der Waals surface area (Å²) in [6.07, 6.45) is 11.9. The molecule has 0 amide bonds. The van der Waals surface area contributed by atoms with E-state index in [1.807, 2.05) is 17.6 Å². The summed E-state index contributed by atoms with van der Waals surface area (Å²) in [6.45, 7) is 5.95. The van der Waals surface area contributed by atoms with Crippen molar-refractivity contribution >= 4 is 22.9 Å². The van der Waals surface area contributed by atoms with Crippen LogP contribution >= 0.6 is 11.6 Å². The first-order valence-corrected chi connectivity index (χ1v) is 12.5. The summed E-state index contributed by atoms with van der Waals surface area (Å²) in [4.78, 5) is 4.78. The molecule has 1 aliphatic rings. The Balaban J connectivity index is 1.52. The minimum atomic E-state index is 0.464. The third kappa shape index (κ3) is 4.47. The third-order valence-electron chi connectivity index (χ3n) is 7.08. The SMILES string of the molecule is C=C(N)c1cnn2c(C3CCCCC3)c(-c3cccc(CCc4ccc(C)c(Cl)c4)c3)cnc12. The number of rotatable bonds is 6. The molecule has 1 fully saturated rings. The zero-order valence-electron chi connectivity index (χ0n) is 19.7. The molecule has 0 saturated heterocycles. The van der Waals surface area contributed by atoms with E-state index in [0.29, 0.717) is 11.6 Å². The maximum atomic E-state index is 6.33. The molecule has 0 aliphatic heterocycles. The molecule has 4 aromatic rings. The Morgan fingerprint density at radius 3 is 2.56 bits per heavy atom. The summed E-state index contributed by atoms with van der Waals surface area (Å²) in [5.74, 6) is 0.464. The van der Waals surface area contributed by atoms with Gasteiger partial charge in [0.2, 0.25) is 0 Å². The first-order valence-electron chi connectivity index (χ1n) is 12.2. The molecule has 4 nitrogen and oxygen atoms in total. The number of nitrogens with zero attached hydrogens (tertiary/aromatic N) is 3. The Bertz CT molecular complexity index is 1350. The second-order valence-corrected chi connectivity index (χ2v) is 9.90. The van der Waals surface area contributed by atoms with Gasteiger partial charge in [-0.3, -0.25) is 0 Å². The van der Waals surface area contributed by atoms with Crippen LogP contribution in [-0.4, -0.2) is 14.6 Å². The minimum Gasteiger partial charge on any atom is -0.399 e. The summed E-state index contributed by atoms with van der Waals surface area (Å²) in [7, 11) is 0. The average Bonchev–Trinajstić information content (AvgIpc) is 3.29. The smallest absolute Gasteiger partial charge is 0.164 e. The predicted octanol–water partition coefficient (Wildman–Crippen LogP) is 7.12. The van der Waals surface area contributed by atoms with Crippen molar-refractivity contribution in [2.75, 3.05) is 0 Å². The first kappa shape index (κ1) is 22.7. The highest BCUT2D eigenvalue weighted by molar-refractivity contribution is 6.31. The summed E-state index contributed by atoms with van der Waals surface area (Å²) in [5, 5.41) is 5.55. The van der Waals surface area contributed by atoms with Crippen LogP contribution in [0.2, 0.25) is 5.02 Å². The number of fused-ring (bicyclic) bond motifs is 1. The van der Waals surface area contributed by atoms with E-state index < -0.39 is 0 Å². The van der Waals surface area contributed by atoms with Crippen LogP contribution in [0.15, 0.2) is 61.4 Å². The highest BCUT2D eigenvalue weighted by Gasteiger charge is 2.24. The lowest BCUT2D eigenvalue weighted by molar-refractivity contribution is 0.431. The van der Waals surface area contributed by atoms with Gasteiger partial charge in [-0.1, -0.05) is 73.8 Å². The molecule has 0 bridgehead atoms. The lowest BCUT2D eigenvalue weighted by atomic mass is 9.84. The van der Waals surface area contributed by atoms with Crippen molar-refractivity contribution < 1.29 is 0 Å². The highest BCUT2D eigenvalue weighted by atomic mass is 35.5. The van der Waals surface area contributed by atoms with Gasteiger partial charge >= 0.3 is 0 Å². The Kier molecular flexibility index (Phi) is 6.42. The molecule has 5 rings (SSSR count). The summed E-state index contributed by atoms with van der Waals surface area (Å²) in [6, 6.07) is 15.2. The molecule has 0 unspecified atom stereocenters. The maximum Gasteiger partial charge on any atom is 0.164 e. The maximum absolute atomic E-state index is 6.33. The summed E-state index contributed by atoms with van der Waals surface area (Å²) in [5.41, 5.74) is 15.4. The predicted molar refractivity (Wildman–Crippen MR) is 141 cm³/mol. The molecule has 1 aliphatic carbocycles. The van der Waals surface area contributed by atoms with E-state index in [0.717, 1.165) is 40.2 Å². The molecular weight excluding hydrogens is 440 g/mol. The molecule has 174 valence electrons. The quantitative estimate of drug-likeness (QED) is 0.326. The molecule has 2 aromatic carbocycles. The summed E-state index contributed by atoms with van der Waals surface area (Å²) < 4.78 is 2.01. The number of benzene rings is 2. The number of nitrogens with two attached hydrogens (primary N) is 1. The number of aryl methyl sites for hydroxylation is 3. The van der Waals surface area contributed by atoms with E-state index in [1.54, 1.807) is 6.20 Å². The normalized spacial score (nSPS) is 14.5. The zero-order chi connectivity index (χ0) is 23.7. The Morgan fingerprint density at radius 2 is 1.82 bits per heavy atom. The van der Waals surface area contributed by atoms with Gasteiger partial charge in [-0.2, -0.15) is 5.10 Å². The standard InChI is InChI=1S/C29H31ClN4/c1-19-11-12-22(16-27(19)30)14-13-21-7-6-10-24(15-21)26-17-32-29-25(20(2)31)18-33-34(29)28(26)23-8-4-3-5-9-23/h6-7,10-12,15-18,23H,2-5,8-9,13-14,31H2,1H3. The molecule has 0 radical (unpaired) electrons. The van der Waals surface area contributed by atoms with Crippen LogP contribution in [0, 0.1) is 6.92 Å². The number of hydrogen-bond donors (Lipinski definition) is 1. The van der Waals surface area contributed by atoms with Crippen molar-refractivity contribution in [3.63, 3.8) is 0 Å². The lowest BCUT2D eigenvalue weighted by Gasteiger charge is -2.25. The van der Waals surface area contributed by atoms with E-state index in [4.69, 9.17) is 27.4 Å². The fourth-order valence-electron chi connectivity index (χ4n) is 5.14. The van der Waals surface area contributed by atoms with Gasteiger partial charge in [-0.15, -0.1) is 0 Å². The van der Waals surface area contributed by atoms with Gasteiger partial charge in [0.15, 0.2) is 5.65 Å². The largest absolute Gasteiger partial charge is 0.399 e. The molecule has 1 saturated carbocycles. The van der Waals surface area contributed by atoms with Crippen molar-refractivity contribution in [3.05, 3.63) is 94.4 Å². The van der Waals surface area contributed by atoms with Gasteiger partial charge in [-0.05, 0) is 60.9 Å². The minimum absolute atomic E-state index is 0.464. The van der Waals surface area contributed by atoms with Crippen LogP contribution in [0.4, 0.5) is 0 Å². The van der Waals surface area contributed by atoms with Crippen LogP contribution < -0.4 is 5.73 Å². The summed E-state index contributed by atoms with van der Waals surface area (Å²) >= 11 is 6.33. The Labute approximate surface area is 206 Å². The molecule has 5 heteroatoms. The molecule has 34 heavy (non-hydrogen) atoms. The molecule has 0 atom stereocenters. The van der Waals surface area contributed by atoms with Crippen molar-refractivity contribution in [2.24, 2.45) is 5.73 Å². The van der Waals surface area contributed by atoms with E-state index in [9.17, 15) is 0 Å². The van der Waals surface area contributed by atoms with Crippen LogP contribution in [0.1, 0.15) is 66.0 Å². The zero-order valence-corrected chi connectivity index (χ0v) is 20.5. The van der Waals surface area contributed by atoms with Crippen molar-refractivity contribution in [1.82, 2.24) is 14.6 Å². The van der Waals surface area contributed by atoms with Crippen LogP contribution in [-0.2, 0) is 12.8 Å². The Hall–Kier alpha value is -3.11. The third-order valence-corrected chi connectivity index (χ3v) is 7.49.